The van der Waals surface area contributed by atoms with E-state index in [4.69, 9.17) is 11.6 Å². The first kappa shape index (κ1) is 12.6. The van der Waals surface area contributed by atoms with Crippen LogP contribution in [0.1, 0.15) is 27.6 Å². The highest BCUT2D eigenvalue weighted by molar-refractivity contribution is 7.10. The fraction of sp³-hybridized carbons (Fsp3) is 0.286. The third-order valence-corrected chi connectivity index (χ3v) is 4.30. The number of rotatable bonds is 3. The van der Waals surface area contributed by atoms with Crippen molar-refractivity contribution in [3.05, 3.63) is 56.2 Å². The first-order valence-electron chi connectivity index (χ1n) is 5.60. The Morgan fingerprint density at radius 1 is 1.24 bits per heavy atom. The monoisotopic (exact) mass is 265 g/mol. The van der Waals surface area contributed by atoms with Crippen molar-refractivity contribution in [1.82, 2.24) is 5.32 Å². The molecule has 0 amide bonds. The highest BCUT2D eigenvalue weighted by Gasteiger charge is 2.15. The van der Waals surface area contributed by atoms with Crippen LogP contribution < -0.4 is 5.32 Å². The van der Waals surface area contributed by atoms with Crippen molar-refractivity contribution < 1.29 is 0 Å². The van der Waals surface area contributed by atoms with E-state index in [1.165, 1.54) is 16.0 Å². The summed E-state index contributed by atoms with van der Waals surface area (Å²) >= 11 is 7.97. The van der Waals surface area contributed by atoms with Crippen molar-refractivity contribution >= 4 is 22.9 Å². The van der Waals surface area contributed by atoms with Crippen LogP contribution in [0.25, 0.3) is 0 Å². The van der Waals surface area contributed by atoms with Gasteiger partial charge >= 0.3 is 0 Å². The minimum Gasteiger partial charge on any atom is -0.309 e. The molecule has 2 rings (SSSR count). The maximum Gasteiger partial charge on any atom is 0.0585 e. The van der Waals surface area contributed by atoms with E-state index >= 15 is 0 Å². The highest BCUT2D eigenvalue weighted by atomic mass is 35.5. The summed E-state index contributed by atoms with van der Waals surface area (Å²) in [6.07, 6.45) is 0. The van der Waals surface area contributed by atoms with E-state index in [0.29, 0.717) is 0 Å². The normalized spacial score (nSPS) is 12.7. The molecule has 3 heteroatoms. The topological polar surface area (TPSA) is 12.0 Å². The highest BCUT2D eigenvalue weighted by Crippen LogP contribution is 2.30. The Balaban J connectivity index is 2.42. The predicted octanol–water partition coefficient (Wildman–Crippen LogP) is 4.33. The Labute approximate surface area is 111 Å². The molecule has 0 aliphatic rings. The van der Waals surface area contributed by atoms with Crippen molar-refractivity contribution in [3.8, 4) is 0 Å². The molecule has 1 aromatic carbocycles. The molecule has 1 aromatic heterocycles. The van der Waals surface area contributed by atoms with Crippen molar-refractivity contribution in [2.45, 2.75) is 19.9 Å². The van der Waals surface area contributed by atoms with Crippen LogP contribution in [0.15, 0.2) is 29.6 Å². The fourth-order valence-electron chi connectivity index (χ4n) is 1.98. The quantitative estimate of drug-likeness (QED) is 0.871. The van der Waals surface area contributed by atoms with Gasteiger partial charge < -0.3 is 5.32 Å². The van der Waals surface area contributed by atoms with Crippen molar-refractivity contribution in [2.75, 3.05) is 7.05 Å². The Morgan fingerprint density at radius 2 is 2.00 bits per heavy atom. The van der Waals surface area contributed by atoms with Gasteiger partial charge in [-0.1, -0.05) is 23.7 Å². The minimum atomic E-state index is 0.222. The smallest absolute Gasteiger partial charge is 0.0585 e. The Kier molecular flexibility index (Phi) is 3.87. The summed E-state index contributed by atoms with van der Waals surface area (Å²) in [6, 6.07) is 8.66. The third-order valence-electron chi connectivity index (χ3n) is 3.03. The fourth-order valence-corrected chi connectivity index (χ4v) is 2.91. The molecule has 1 N–H and O–H groups in total. The van der Waals surface area contributed by atoms with E-state index in [1.54, 1.807) is 11.3 Å². The molecule has 0 radical (unpaired) electrons. The second kappa shape index (κ2) is 5.21. The molecule has 2 aromatic rings. The first-order valence-corrected chi connectivity index (χ1v) is 6.86. The first-order chi connectivity index (χ1) is 8.13. The molecule has 0 fully saturated rings. The van der Waals surface area contributed by atoms with Gasteiger partial charge in [0.2, 0.25) is 0 Å². The Morgan fingerprint density at radius 3 is 2.53 bits per heavy atom. The van der Waals surface area contributed by atoms with Gasteiger partial charge in [0, 0.05) is 9.90 Å². The van der Waals surface area contributed by atoms with Gasteiger partial charge in [-0.2, -0.15) is 0 Å². The minimum absolute atomic E-state index is 0.222. The Hall–Kier alpha value is -0.830. The van der Waals surface area contributed by atoms with Gasteiger partial charge in [-0.3, -0.25) is 0 Å². The summed E-state index contributed by atoms with van der Waals surface area (Å²) in [5.74, 6) is 0. The number of hydrogen-bond acceptors (Lipinski definition) is 2. The summed E-state index contributed by atoms with van der Waals surface area (Å²) in [5.41, 5.74) is 3.66. The van der Waals surface area contributed by atoms with Crippen LogP contribution in [0, 0.1) is 13.8 Å². The number of aryl methyl sites for hydroxylation is 2. The zero-order chi connectivity index (χ0) is 12.4. The lowest BCUT2D eigenvalue weighted by Gasteiger charge is -2.17. The van der Waals surface area contributed by atoms with Crippen LogP contribution in [0.2, 0.25) is 5.02 Å². The number of nitrogens with one attached hydrogen (secondary N) is 1. The maximum atomic E-state index is 6.19. The number of benzene rings is 1. The van der Waals surface area contributed by atoms with Gasteiger partial charge in [0.25, 0.3) is 0 Å². The molecule has 0 saturated carbocycles. The lowest BCUT2D eigenvalue weighted by atomic mass is 9.99. The van der Waals surface area contributed by atoms with Gasteiger partial charge in [-0.15, -0.1) is 11.3 Å². The Bertz CT molecular complexity index is 519. The largest absolute Gasteiger partial charge is 0.309 e. The zero-order valence-corrected chi connectivity index (χ0v) is 11.8. The molecule has 0 aliphatic heterocycles. The summed E-state index contributed by atoms with van der Waals surface area (Å²) < 4.78 is 0. The van der Waals surface area contributed by atoms with Gasteiger partial charge in [-0.25, -0.2) is 0 Å². The summed E-state index contributed by atoms with van der Waals surface area (Å²) in [7, 11) is 1.98. The molecule has 90 valence electrons. The number of thiophene rings is 1. The summed E-state index contributed by atoms with van der Waals surface area (Å²) in [5, 5.41) is 6.32. The van der Waals surface area contributed by atoms with E-state index in [-0.39, 0.29) is 6.04 Å². The summed E-state index contributed by atoms with van der Waals surface area (Å²) in [4.78, 5) is 1.35. The van der Waals surface area contributed by atoms with Crippen LogP contribution in [-0.4, -0.2) is 7.05 Å². The second-order valence-corrected chi connectivity index (χ2v) is 5.69. The molecular weight excluding hydrogens is 250 g/mol. The van der Waals surface area contributed by atoms with Crippen molar-refractivity contribution in [1.29, 1.82) is 0 Å². The molecule has 0 spiro atoms. The molecule has 17 heavy (non-hydrogen) atoms. The summed E-state index contributed by atoms with van der Waals surface area (Å²) in [6.45, 7) is 4.18. The standard InChI is InChI=1S/C14H16ClNS/c1-9-4-5-11(8-13(9)15)14(16-3)12-6-7-17-10(12)2/h4-8,14,16H,1-3H3. The molecule has 1 heterocycles. The van der Waals surface area contributed by atoms with Crippen LogP contribution in [0.4, 0.5) is 0 Å². The average Bonchev–Trinajstić information content (AvgIpc) is 2.71. The molecule has 0 saturated heterocycles. The van der Waals surface area contributed by atoms with Crippen LogP contribution in [0.3, 0.4) is 0 Å². The second-order valence-electron chi connectivity index (χ2n) is 4.16. The molecule has 0 aliphatic carbocycles. The van der Waals surface area contributed by atoms with E-state index < -0.39 is 0 Å². The number of halogens is 1. The molecule has 1 atom stereocenters. The van der Waals surface area contributed by atoms with Crippen molar-refractivity contribution in [2.24, 2.45) is 0 Å². The molecule has 0 bridgehead atoms. The van der Waals surface area contributed by atoms with E-state index in [9.17, 15) is 0 Å². The van der Waals surface area contributed by atoms with Crippen molar-refractivity contribution in [3.63, 3.8) is 0 Å². The average molecular weight is 266 g/mol. The van der Waals surface area contributed by atoms with Gasteiger partial charge in [0.15, 0.2) is 0 Å². The van der Waals surface area contributed by atoms with Gasteiger partial charge in [0.05, 0.1) is 6.04 Å². The van der Waals surface area contributed by atoms with Crippen LogP contribution >= 0.6 is 22.9 Å². The predicted molar refractivity (Wildman–Crippen MR) is 76.1 cm³/mol. The van der Waals surface area contributed by atoms with Crippen LogP contribution in [0.5, 0.6) is 0 Å². The zero-order valence-electron chi connectivity index (χ0n) is 10.3. The molecule has 1 nitrogen and oxygen atoms in total. The SMILES string of the molecule is CNC(c1ccc(C)c(Cl)c1)c1ccsc1C. The third kappa shape index (κ3) is 2.54. The molecular formula is C14H16ClNS. The maximum absolute atomic E-state index is 6.19. The van der Waals surface area contributed by atoms with E-state index in [1.807, 2.05) is 14.0 Å². The van der Waals surface area contributed by atoms with Crippen LogP contribution in [-0.2, 0) is 0 Å². The lowest BCUT2D eigenvalue weighted by molar-refractivity contribution is 0.691. The molecule has 1 unspecified atom stereocenters. The number of hydrogen-bond donors (Lipinski definition) is 1. The van der Waals surface area contributed by atoms with E-state index in [0.717, 1.165) is 10.6 Å². The van der Waals surface area contributed by atoms with Gasteiger partial charge in [0.1, 0.15) is 0 Å². The lowest BCUT2D eigenvalue weighted by Crippen LogP contribution is -2.17. The van der Waals surface area contributed by atoms with Gasteiger partial charge in [-0.05, 0) is 55.1 Å². The van der Waals surface area contributed by atoms with E-state index in [2.05, 4.69) is 41.9 Å².